The molecular formula is C15H21NO3. The van der Waals surface area contributed by atoms with Crippen LogP contribution in [0.2, 0.25) is 0 Å². The summed E-state index contributed by atoms with van der Waals surface area (Å²) in [5.74, 6) is -1.25. The fourth-order valence-corrected chi connectivity index (χ4v) is 1.83. The third-order valence-electron chi connectivity index (χ3n) is 3.28. The summed E-state index contributed by atoms with van der Waals surface area (Å²) in [6.07, 6.45) is 1.65. The molecule has 1 aromatic carbocycles. The van der Waals surface area contributed by atoms with Gasteiger partial charge in [-0.2, -0.15) is 0 Å². The van der Waals surface area contributed by atoms with Gasteiger partial charge in [-0.05, 0) is 17.9 Å². The predicted octanol–water partition coefficient (Wildman–Crippen LogP) is 2.23. The molecule has 0 aromatic heterocycles. The van der Waals surface area contributed by atoms with Crippen molar-refractivity contribution in [3.05, 3.63) is 35.9 Å². The highest BCUT2D eigenvalue weighted by Crippen LogP contribution is 2.09. The molecule has 0 fully saturated rings. The van der Waals surface area contributed by atoms with E-state index in [1.165, 1.54) is 0 Å². The highest BCUT2D eigenvalue weighted by atomic mass is 16.4. The molecule has 2 unspecified atom stereocenters. The first-order chi connectivity index (χ1) is 9.04. The van der Waals surface area contributed by atoms with Gasteiger partial charge >= 0.3 is 5.97 Å². The molecule has 4 heteroatoms. The fraction of sp³-hybridized carbons (Fsp3) is 0.467. The second-order valence-electron chi connectivity index (χ2n) is 4.75. The van der Waals surface area contributed by atoms with Crippen LogP contribution in [0, 0.1) is 5.92 Å². The van der Waals surface area contributed by atoms with Crippen LogP contribution in [0.25, 0.3) is 0 Å². The van der Waals surface area contributed by atoms with Crippen molar-refractivity contribution in [1.29, 1.82) is 0 Å². The van der Waals surface area contributed by atoms with E-state index in [0.29, 0.717) is 12.8 Å². The van der Waals surface area contributed by atoms with Gasteiger partial charge in [0.05, 0.1) is 0 Å². The first-order valence-corrected chi connectivity index (χ1v) is 6.60. The molecule has 0 aliphatic rings. The van der Waals surface area contributed by atoms with Crippen molar-refractivity contribution < 1.29 is 14.7 Å². The lowest BCUT2D eigenvalue weighted by atomic mass is 9.99. The maximum Gasteiger partial charge on any atom is 0.326 e. The number of carboxylic acid groups (broad SMARTS) is 1. The molecule has 2 N–H and O–H groups in total. The Labute approximate surface area is 113 Å². The van der Waals surface area contributed by atoms with Crippen LogP contribution >= 0.6 is 0 Å². The number of benzene rings is 1. The molecule has 1 aromatic rings. The molecule has 1 amide bonds. The largest absolute Gasteiger partial charge is 0.480 e. The van der Waals surface area contributed by atoms with Crippen LogP contribution < -0.4 is 5.32 Å². The van der Waals surface area contributed by atoms with Crippen LogP contribution in [0.5, 0.6) is 0 Å². The Morgan fingerprint density at radius 1 is 1.26 bits per heavy atom. The molecule has 104 valence electrons. The van der Waals surface area contributed by atoms with Gasteiger partial charge in [-0.3, -0.25) is 4.79 Å². The van der Waals surface area contributed by atoms with Gasteiger partial charge in [0.1, 0.15) is 6.04 Å². The highest BCUT2D eigenvalue weighted by Gasteiger charge is 2.24. The number of hydrogen-bond donors (Lipinski definition) is 2. The van der Waals surface area contributed by atoms with Crippen LogP contribution in [0.15, 0.2) is 30.3 Å². The Kier molecular flexibility index (Phi) is 6.06. The van der Waals surface area contributed by atoms with Crippen molar-refractivity contribution in [3.8, 4) is 0 Å². The lowest BCUT2D eigenvalue weighted by Gasteiger charge is -2.20. The SMILES string of the molecule is CCC(C)C(NC(=O)CCc1ccccc1)C(=O)O. The molecule has 0 aliphatic heterocycles. The number of amides is 1. The second kappa shape index (κ2) is 7.56. The Bertz CT molecular complexity index is 417. The molecule has 0 saturated carbocycles. The molecule has 2 atom stereocenters. The Hall–Kier alpha value is -1.84. The predicted molar refractivity (Wildman–Crippen MR) is 73.8 cm³/mol. The van der Waals surface area contributed by atoms with Crippen molar-refractivity contribution >= 4 is 11.9 Å². The minimum absolute atomic E-state index is 0.0711. The quantitative estimate of drug-likeness (QED) is 0.792. The molecule has 19 heavy (non-hydrogen) atoms. The van der Waals surface area contributed by atoms with Gasteiger partial charge in [0, 0.05) is 6.42 Å². The molecule has 0 heterocycles. The van der Waals surface area contributed by atoms with Crippen molar-refractivity contribution in [1.82, 2.24) is 5.32 Å². The monoisotopic (exact) mass is 263 g/mol. The average Bonchev–Trinajstić information content (AvgIpc) is 2.42. The Morgan fingerprint density at radius 3 is 2.42 bits per heavy atom. The third-order valence-corrected chi connectivity index (χ3v) is 3.28. The Morgan fingerprint density at radius 2 is 1.89 bits per heavy atom. The number of aryl methyl sites for hydroxylation is 1. The summed E-state index contributed by atoms with van der Waals surface area (Å²) in [6.45, 7) is 3.74. The van der Waals surface area contributed by atoms with Gasteiger partial charge in [-0.1, -0.05) is 50.6 Å². The number of carbonyl (C=O) groups is 2. The van der Waals surface area contributed by atoms with Crippen LogP contribution in [-0.2, 0) is 16.0 Å². The van der Waals surface area contributed by atoms with E-state index in [1.807, 2.05) is 44.2 Å². The number of carboxylic acids is 1. The molecule has 1 rings (SSSR count). The molecule has 0 bridgehead atoms. The number of nitrogens with one attached hydrogen (secondary N) is 1. The maximum atomic E-state index is 11.8. The van der Waals surface area contributed by atoms with Crippen LogP contribution in [0.3, 0.4) is 0 Å². The first-order valence-electron chi connectivity index (χ1n) is 6.60. The standard InChI is InChI=1S/C15H21NO3/c1-3-11(2)14(15(18)19)16-13(17)10-9-12-7-5-4-6-8-12/h4-8,11,14H,3,9-10H2,1-2H3,(H,16,17)(H,18,19). The van der Waals surface area contributed by atoms with E-state index < -0.39 is 12.0 Å². The summed E-state index contributed by atoms with van der Waals surface area (Å²) < 4.78 is 0. The van der Waals surface area contributed by atoms with Crippen molar-refractivity contribution in [2.75, 3.05) is 0 Å². The minimum Gasteiger partial charge on any atom is -0.480 e. The van der Waals surface area contributed by atoms with E-state index >= 15 is 0 Å². The molecule has 4 nitrogen and oxygen atoms in total. The summed E-state index contributed by atoms with van der Waals surface area (Å²) in [4.78, 5) is 22.9. The van der Waals surface area contributed by atoms with Gasteiger partial charge in [0.15, 0.2) is 0 Å². The fourth-order valence-electron chi connectivity index (χ4n) is 1.83. The first kappa shape index (κ1) is 15.2. The van der Waals surface area contributed by atoms with Gasteiger partial charge in [-0.15, -0.1) is 0 Å². The number of aliphatic carboxylic acids is 1. The summed E-state index contributed by atoms with van der Waals surface area (Å²) >= 11 is 0. The van der Waals surface area contributed by atoms with Gasteiger partial charge in [-0.25, -0.2) is 4.79 Å². The summed E-state index contributed by atoms with van der Waals surface area (Å²) in [5, 5.41) is 11.7. The van der Waals surface area contributed by atoms with Crippen molar-refractivity contribution in [2.24, 2.45) is 5.92 Å². The van der Waals surface area contributed by atoms with Crippen molar-refractivity contribution in [3.63, 3.8) is 0 Å². The van der Waals surface area contributed by atoms with E-state index in [2.05, 4.69) is 5.32 Å². The zero-order valence-electron chi connectivity index (χ0n) is 11.4. The zero-order chi connectivity index (χ0) is 14.3. The van der Waals surface area contributed by atoms with E-state index in [-0.39, 0.29) is 11.8 Å². The van der Waals surface area contributed by atoms with Gasteiger partial charge in [0.2, 0.25) is 5.91 Å². The molecule has 0 spiro atoms. The van der Waals surface area contributed by atoms with E-state index in [0.717, 1.165) is 12.0 Å². The van der Waals surface area contributed by atoms with Crippen LogP contribution in [-0.4, -0.2) is 23.0 Å². The summed E-state index contributed by atoms with van der Waals surface area (Å²) in [5.41, 5.74) is 1.08. The number of rotatable bonds is 7. The maximum absolute atomic E-state index is 11.8. The van der Waals surface area contributed by atoms with Crippen LogP contribution in [0.1, 0.15) is 32.3 Å². The number of carbonyl (C=O) groups excluding carboxylic acids is 1. The normalized spacial score (nSPS) is 13.6. The average molecular weight is 263 g/mol. The Balaban J connectivity index is 2.47. The second-order valence-corrected chi connectivity index (χ2v) is 4.75. The van der Waals surface area contributed by atoms with E-state index in [1.54, 1.807) is 0 Å². The lowest BCUT2D eigenvalue weighted by Crippen LogP contribution is -2.45. The highest BCUT2D eigenvalue weighted by molar-refractivity contribution is 5.83. The molecule has 0 radical (unpaired) electrons. The smallest absolute Gasteiger partial charge is 0.326 e. The van der Waals surface area contributed by atoms with Gasteiger partial charge in [0.25, 0.3) is 0 Å². The molecular weight excluding hydrogens is 242 g/mol. The zero-order valence-corrected chi connectivity index (χ0v) is 11.4. The lowest BCUT2D eigenvalue weighted by molar-refractivity contribution is -0.143. The summed E-state index contributed by atoms with van der Waals surface area (Å²) in [7, 11) is 0. The molecule has 0 saturated heterocycles. The molecule has 0 aliphatic carbocycles. The van der Waals surface area contributed by atoms with Crippen LogP contribution in [0.4, 0.5) is 0 Å². The summed E-state index contributed by atoms with van der Waals surface area (Å²) in [6, 6.07) is 8.88. The van der Waals surface area contributed by atoms with Crippen molar-refractivity contribution in [2.45, 2.75) is 39.2 Å². The minimum atomic E-state index is -0.970. The topological polar surface area (TPSA) is 66.4 Å². The van der Waals surface area contributed by atoms with E-state index in [9.17, 15) is 9.59 Å². The van der Waals surface area contributed by atoms with E-state index in [4.69, 9.17) is 5.11 Å². The third kappa shape index (κ3) is 5.12. The number of hydrogen-bond acceptors (Lipinski definition) is 2. The van der Waals surface area contributed by atoms with Gasteiger partial charge < -0.3 is 10.4 Å².